The number of imide groups is 1. The Bertz CT molecular complexity index is 510. The first-order valence-electron chi connectivity index (χ1n) is 5.94. The molecule has 1 aliphatic rings. The van der Waals surface area contributed by atoms with Crippen molar-refractivity contribution >= 4 is 18.0 Å². The minimum Gasteiger partial charge on any atom is -0.467 e. The first kappa shape index (κ1) is 15.7. The molecule has 7 nitrogen and oxygen atoms in total. The monoisotopic (exact) mass is 280 g/mol. The van der Waals surface area contributed by atoms with Crippen LogP contribution in [0.2, 0.25) is 0 Å². The number of allylic oxidation sites excluding steroid dienone is 1. The van der Waals surface area contributed by atoms with Crippen LogP contribution in [0.3, 0.4) is 0 Å². The molecule has 1 aliphatic heterocycles. The lowest BCUT2D eigenvalue weighted by molar-refractivity contribution is -0.148. The van der Waals surface area contributed by atoms with Crippen LogP contribution in [0.5, 0.6) is 0 Å². The molecular weight excluding hydrogens is 264 g/mol. The predicted octanol–water partition coefficient (Wildman–Crippen LogP) is 1.15. The van der Waals surface area contributed by atoms with Crippen LogP contribution in [0.15, 0.2) is 11.6 Å². The molecule has 0 bridgehead atoms. The molecule has 1 fully saturated rings. The molecule has 20 heavy (non-hydrogen) atoms. The van der Waals surface area contributed by atoms with Gasteiger partial charge in [0, 0.05) is 18.1 Å². The Hall–Kier alpha value is -2.36. The number of carbonyl (C=O) groups excluding carboxylic acids is 3. The highest BCUT2D eigenvalue weighted by Crippen LogP contribution is 2.27. The number of amides is 2. The van der Waals surface area contributed by atoms with Crippen molar-refractivity contribution in [2.75, 3.05) is 7.11 Å². The molecule has 108 valence electrons. The van der Waals surface area contributed by atoms with E-state index in [9.17, 15) is 14.4 Å². The second kappa shape index (κ2) is 5.74. The Labute approximate surface area is 116 Å². The number of nitriles is 1. The van der Waals surface area contributed by atoms with Crippen LogP contribution < -0.4 is 0 Å². The fourth-order valence-corrected chi connectivity index (χ4v) is 1.73. The summed E-state index contributed by atoms with van der Waals surface area (Å²) in [5.74, 6) is -1.44. The van der Waals surface area contributed by atoms with Gasteiger partial charge in [-0.15, -0.1) is 0 Å². The van der Waals surface area contributed by atoms with Gasteiger partial charge in [0.15, 0.2) is 0 Å². The van der Waals surface area contributed by atoms with Gasteiger partial charge in [0.25, 0.3) is 5.91 Å². The van der Waals surface area contributed by atoms with Crippen molar-refractivity contribution < 1.29 is 23.9 Å². The zero-order valence-electron chi connectivity index (χ0n) is 11.8. The van der Waals surface area contributed by atoms with Gasteiger partial charge in [0.1, 0.15) is 11.6 Å². The Kier molecular flexibility index (Phi) is 4.50. The topological polar surface area (TPSA) is 96.7 Å². The van der Waals surface area contributed by atoms with Gasteiger partial charge in [-0.2, -0.15) is 5.26 Å². The highest BCUT2D eigenvalue weighted by molar-refractivity contribution is 6.09. The zero-order chi connectivity index (χ0) is 15.5. The fraction of sp³-hybridized carbons (Fsp3) is 0.538. The smallest absolute Gasteiger partial charge is 0.418 e. The highest BCUT2D eigenvalue weighted by atomic mass is 16.6. The first-order chi connectivity index (χ1) is 9.21. The molecule has 2 amide bonds. The number of likely N-dealkylation sites (tertiary alicyclic amines) is 1. The largest absolute Gasteiger partial charge is 0.467 e. The van der Waals surface area contributed by atoms with E-state index in [1.807, 2.05) is 0 Å². The molecule has 7 heteroatoms. The molecule has 0 radical (unpaired) electrons. The fourth-order valence-electron chi connectivity index (χ4n) is 1.73. The van der Waals surface area contributed by atoms with Crippen LogP contribution in [-0.2, 0) is 19.1 Å². The van der Waals surface area contributed by atoms with Gasteiger partial charge in [-0.05, 0) is 20.8 Å². The second-order valence-corrected chi connectivity index (χ2v) is 5.20. The van der Waals surface area contributed by atoms with E-state index in [1.165, 1.54) is 0 Å². The van der Waals surface area contributed by atoms with Gasteiger partial charge in [-0.3, -0.25) is 4.79 Å². The number of rotatable bonds is 1. The summed E-state index contributed by atoms with van der Waals surface area (Å²) in [6.07, 6.45) is 0.0280. The van der Waals surface area contributed by atoms with Gasteiger partial charge in [-0.25, -0.2) is 14.5 Å². The molecule has 0 saturated carbocycles. The lowest BCUT2D eigenvalue weighted by Gasteiger charge is -2.25. The SMILES string of the molecule is COC(=O)C1C/C(=C\C#N)C(=O)N1C(=O)OC(C)(C)C. The molecule has 1 unspecified atom stereocenters. The number of ether oxygens (including phenoxy) is 2. The van der Waals surface area contributed by atoms with Crippen LogP contribution in [0, 0.1) is 11.3 Å². The lowest BCUT2D eigenvalue weighted by Crippen LogP contribution is -2.45. The van der Waals surface area contributed by atoms with Crippen LogP contribution in [0.25, 0.3) is 0 Å². The molecule has 0 aliphatic carbocycles. The number of hydrogen-bond acceptors (Lipinski definition) is 6. The van der Waals surface area contributed by atoms with E-state index in [0.29, 0.717) is 4.90 Å². The number of hydrogen-bond donors (Lipinski definition) is 0. The standard InChI is InChI=1S/C13H16N2O5/c1-13(2,3)20-12(18)15-9(11(17)19-4)7-8(5-6-14)10(15)16/h5,9H,7H2,1-4H3/b8-5+. The molecular formula is C13H16N2O5. The summed E-state index contributed by atoms with van der Waals surface area (Å²) in [6, 6.07) is 0.616. The molecule has 0 aromatic rings. The van der Waals surface area contributed by atoms with Gasteiger partial charge >= 0.3 is 12.1 Å². The van der Waals surface area contributed by atoms with Gasteiger partial charge in [-0.1, -0.05) is 0 Å². The van der Waals surface area contributed by atoms with Crippen molar-refractivity contribution in [3.8, 4) is 6.07 Å². The molecule has 1 heterocycles. The van der Waals surface area contributed by atoms with Crippen LogP contribution in [0.1, 0.15) is 27.2 Å². The average molecular weight is 280 g/mol. The van der Waals surface area contributed by atoms with Crippen LogP contribution >= 0.6 is 0 Å². The number of carbonyl (C=O) groups is 3. The van der Waals surface area contributed by atoms with Crippen molar-refractivity contribution in [1.29, 1.82) is 5.26 Å². The van der Waals surface area contributed by atoms with E-state index in [-0.39, 0.29) is 12.0 Å². The number of esters is 1. The average Bonchev–Trinajstić information content (AvgIpc) is 2.64. The first-order valence-corrected chi connectivity index (χ1v) is 5.94. The Balaban J connectivity index is 3.08. The van der Waals surface area contributed by atoms with Crippen molar-refractivity contribution in [2.45, 2.75) is 38.8 Å². The third kappa shape index (κ3) is 3.35. The Morgan fingerprint density at radius 3 is 2.50 bits per heavy atom. The van der Waals surface area contributed by atoms with Gasteiger partial charge in [0.05, 0.1) is 13.2 Å². The van der Waals surface area contributed by atoms with E-state index in [2.05, 4.69) is 4.74 Å². The van der Waals surface area contributed by atoms with E-state index in [0.717, 1.165) is 13.2 Å². The van der Waals surface area contributed by atoms with Crippen molar-refractivity contribution in [3.63, 3.8) is 0 Å². The van der Waals surface area contributed by atoms with Crippen LogP contribution in [0.4, 0.5) is 4.79 Å². The van der Waals surface area contributed by atoms with E-state index in [4.69, 9.17) is 10.00 Å². The molecule has 1 rings (SSSR count). The Morgan fingerprint density at radius 1 is 1.45 bits per heavy atom. The molecule has 1 atom stereocenters. The van der Waals surface area contributed by atoms with E-state index in [1.54, 1.807) is 26.8 Å². The quantitative estimate of drug-likeness (QED) is 0.406. The number of nitrogens with zero attached hydrogens (tertiary/aromatic N) is 2. The molecule has 0 aromatic heterocycles. The summed E-state index contributed by atoms with van der Waals surface area (Å²) < 4.78 is 9.66. The summed E-state index contributed by atoms with van der Waals surface area (Å²) in [7, 11) is 1.16. The maximum Gasteiger partial charge on any atom is 0.418 e. The number of methoxy groups -OCH3 is 1. The summed E-state index contributed by atoms with van der Waals surface area (Å²) in [5, 5.41) is 8.61. The van der Waals surface area contributed by atoms with Crippen LogP contribution in [-0.4, -0.2) is 41.6 Å². The third-order valence-electron chi connectivity index (χ3n) is 2.52. The maximum absolute atomic E-state index is 12.1. The maximum atomic E-state index is 12.1. The van der Waals surface area contributed by atoms with Gasteiger partial charge < -0.3 is 9.47 Å². The minimum atomic E-state index is -1.10. The second-order valence-electron chi connectivity index (χ2n) is 5.20. The Morgan fingerprint density at radius 2 is 2.05 bits per heavy atom. The van der Waals surface area contributed by atoms with Crippen molar-refractivity contribution in [3.05, 3.63) is 11.6 Å². The molecule has 1 saturated heterocycles. The van der Waals surface area contributed by atoms with E-state index < -0.39 is 29.6 Å². The lowest BCUT2D eigenvalue weighted by atomic mass is 10.1. The zero-order valence-corrected chi connectivity index (χ0v) is 11.8. The summed E-state index contributed by atoms with van der Waals surface area (Å²) in [6.45, 7) is 4.93. The third-order valence-corrected chi connectivity index (χ3v) is 2.52. The summed E-state index contributed by atoms with van der Waals surface area (Å²) in [5.41, 5.74) is -0.728. The summed E-state index contributed by atoms with van der Waals surface area (Å²) in [4.78, 5) is 36.4. The predicted molar refractivity (Wildman–Crippen MR) is 67.2 cm³/mol. The molecule has 0 aromatic carbocycles. The van der Waals surface area contributed by atoms with Crippen molar-refractivity contribution in [2.24, 2.45) is 0 Å². The van der Waals surface area contributed by atoms with Gasteiger partial charge in [0.2, 0.25) is 0 Å². The minimum absolute atomic E-state index is 0.0572. The highest BCUT2D eigenvalue weighted by Gasteiger charge is 2.45. The van der Waals surface area contributed by atoms with Crippen molar-refractivity contribution in [1.82, 2.24) is 4.90 Å². The van der Waals surface area contributed by atoms with E-state index >= 15 is 0 Å². The molecule has 0 N–H and O–H groups in total. The molecule has 0 spiro atoms. The normalized spacial score (nSPS) is 20.8. The summed E-state index contributed by atoms with van der Waals surface area (Å²) >= 11 is 0.